The third-order valence-corrected chi connectivity index (χ3v) is 4.81. The molecule has 4 nitrogen and oxygen atoms in total. The number of allylic oxidation sites excluding steroid dienone is 2. The maximum atomic E-state index is 14.3. The topological polar surface area (TPSA) is 55.2 Å². The summed E-state index contributed by atoms with van der Waals surface area (Å²) in [6.07, 6.45) is 4.99. The van der Waals surface area contributed by atoms with Crippen LogP contribution in [0.3, 0.4) is 0 Å². The van der Waals surface area contributed by atoms with Gasteiger partial charge >= 0.3 is 0 Å². The first-order valence-electron chi connectivity index (χ1n) is 7.61. The fraction of sp³-hybridized carbons (Fsp3) is 0.222. The normalized spacial score (nSPS) is 24.7. The summed E-state index contributed by atoms with van der Waals surface area (Å²) in [5.41, 5.74) is 2.09. The summed E-state index contributed by atoms with van der Waals surface area (Å²) >= 11 is 0. The molecule has 2 aromatic rings. The second kappa shape index (κ2) is 5.19. The predicted molar refractivity (Wildman–Crippen MR) is 85.8 cm³/mol. The van der Waals surface area contributed by atoms with Crippen LogP contribution < -0.4 is 5.32 Å². The lowest BCUT2D eigenvalue weighted by Gasteiger charge is -2.37. The molecule has 4 rings (SSSR count). The maximum absolute atomic E-state index is 14.3. The van der Waals surface area contributed by atoms with Gasteiger partial charge < -0.3 is 5.32 Å². The molecule has 2 aliphatic rings. The molecule has 0 aromatic heterocycles. The highest BCUT2D eigenvalue weighted by Gasteiger charge is 2.40. The van der Waals surface area contributed by atoms with Gasteiger partial charge in [0, 0.05) is 12.0 Å². The average molecular weight is 310 g/mol. The average Bonchev–Trinajstić information content (AvgIpc) is 3.04. The first-order chi connectivity index (χ1) is 11.2. The van der Waals surface area contributed by atoms with E-state index in [1.54, 1.807) is 24.3 Å². The van der Waals surface area contributed by atoms with E-state index in [-0.39, 0.29) is 34.3 Å². The number of anilines is 1. The molecule has 23 heavy (non-hydrogen) atoms. The minimum atomic E-state index is -0.370. The van der Waals surface area contributed by atoms with Crippen molar-refractivity contribution in [2.45, 2.75) is 18.4 Å². The number of nitrogens with one attached hydrogen (secondary N) is 1. The summed E-state index contributed by atoms with van der Waals surface area (Å²) in [5.74, 6) is -0.0676. The van der Waals surface area contributed by atoms with Crippen molar-refractivity contribution in [3.63, 3.8) is 0 Å². The van der Waals surface area contributed by atoms with E-state index in [1.165, 1.54) is 12.1 Å². The fourth-order valence-corrected chi connectivity index (χ4v) is 3.81. The van der Waals surface area contributed by atoms with Crippen LogP contribution in [0.2, 0.25) is 0 Å². The van der Waals surface area contributed by atoms with Gasteiger partial charge in [0.2, 0.25) is 0 Å². The molecule has 2 aromatic carbocycles. The molecular weight excluding hydrogens is 295 g/mol. The van der Waals surface area contributed by atoms with Gasteiger partial charge in [-0.05, 0) is 24.0 Å². The van der Waals surface area contributed by atoms with Crippen LogP contribution in [-0.4, -0.2) is 4.92 Å². The molecule has 0 amide bonds. The molecule has 3 atom stereocenters. The van der Waals surface area contributed by atoms with E-state index in [0.29, 0.717) is 11.3 Å². The molecule has 0 radical (unpaired) electrons. The minimum absolute atomic E-state index is 0.0791. The standard InChI is InChI=1S/C18H15FN2O2/c19-15-9-4-8-13-11-6-3-7-12(11)17(20-18(13)15)14-5-1-2-10-16(14)21(22)23/h1-6,8-12,17,20H,7H2/t11-,12+,17+/m0/s1. The third kappa shape index (κ3) is 2.11. The highest BCUT2D eigenvalue weighted by atomic mass is 19.1. The van der Waals surface area contributed by atoms with Crippen molar-refractivity contribution in [2.24, 2.45) is 5.92 Å². The zero-order valence-corrected chi connectivity index (χ0v) is 12.3. The third-order valence-electron chi connectivity index (χ3n) is 4.81. The van der Waals surface area contributed by atoms with E-state index < -0.39 is 0 Å². The van der Waals surface area contributed by atoms with Crippen molar-refractivity contribution in [3.8, 4) is 0 Å². The molecule has 116 valence electrons. The number of hydrogen-bond acceptors (Lipinski definition) is 3. The molecular formula is C18H15FN2O2. The number of halogens is 1. The SMILES string of the molecule is O=[N+]([O-])c1ccccc1[C@@H]1Nc2c(F)cccc2[C@H]2C=CC[C@H]21. The van der Waals surface area contributed by atoms with Gasteiger partial charge in [-0.25, -0.2) is 4.39 Å². The zero-order chi connectivity index (χ0) is 16.0. The van der Waals surface area contributed by atoms with E-state index in [1.807, 2.05) is 6.07 Å². The Kier molecular flexibility index (Phi) is 3.15. The molecule has 0 bridgehead atoms. The van der Waals surface area contributed by atoms with Gasteiger partial charge in [-0.15, -0.1) is 0 Å². The number of hydrogen-bond donors (Lipinski definition) is 1. The lowest BCUT2D eigenvalue weighted by atomic mass is 9.76. The molecule has 1 heterocycles. The Balaban J connectivity index is 1.86. The van der Waals surface area contributed by atoms with E-state index in [0.717, 1.165) is 12.0 Å². The van der Waals surface area contributed by atoms with E-state index in [9.17, 15) is 14.5 Å². The number of nitro benzene ring substituents is 1. The predicted octanol–water partition coefficient (Wildman–Crippen LogP) is 4.56. The molecule has 1 N–H and O–H groups in total. The van der Waals surface area contributed by atoms with Gasteiger partial charge in [0.1, 0.15) is 5.82 Å². The van der Waals surface area contributed by atoms with Crippen LogP contribution in [0.25, 0.3) is 0 Å². The van der Waals surface area contributed by atoms with Gasteiger partial charge in [-0.2, -0.15) is 0 Å². The smallest absolute Gasteiger partial charge is 0.274 e. The van der Waals surface area contributed by atoms with Crippen LogP contribution in [0.1, 0.15) is 29.5 Å². The number of rotatable bonds is 2. The van der Waals surface area contributed by atoms with Gasteiger partial charge in [0.05, 0.1) is 22.2 Å². The number of benzene rings is 2. The van der Waals surface area contributed by atoms with Gasteiger partial charge in [0.15, 0.2) is 0 Å². The zero-order valence-electron chi connectivity index (χ0n) is 12.3. The Labute approximate surface area is 132 Å². The van der Waals surface area contributed by atoms with Crippen molar-refractivity contribution in [1.82, 2.24) is 0 Å². The molecule has 1 aliphatic carbocycles. The highest BCUT2D eigenvalue weighted by Crippen LogP contribution is 2.51. The van der Waals surface area contributed by atoms with E-state index in [4.69, 9.17) is 0 Å². The molecule has 5 heteroatoms. The Morgan fingerprint density at radius 2 is 1.91 bits per heavy atom. The van der Waals surface area contributed by atoms with Crippen LogP contribution >= 0.6 is 0 Å². The monoisotopic (exact) mass is 310 g/mol. The number of nitro groups is 1. The van der Waals surface area contributed by atoms with E-state index >= 15 is 0 Å². The van der Waals surface area contributed by atoms with Crippen molar-refractivity contribution in [3.05, 3.63) is 81.7 Å². The second-order valence-electron chi connectivity index (χ2n) is 6.00. The molecule has 0 spiro atoms. The summed E-state index contributed by atoms with van der Waals surface area (Å²) in [5, 5.41) is 14.6. The van der Waals surface area contributed by atoms with E-state index in [2.05, 4.69) is 17.5 Å². The number of para-hydroxylation sites is 2. The Bertz CT molecular complexity index is 818. The van der Waals surface area contributed by atoms with Gasteiger partial charge in [-0.1, -0.05) is 42.5 Å². The van der Waals surface area contributed by atoms with Crippen LogP contribution in [0.15, 0.2) is 54.6 Å². The molecule has 0 fully saturated rings. The van der Waals surface area contributed by atoms with Gasteiger partial charge in [0.25, 0.3) is 5.69 Å². The Morgan fingerprint density at radius 1 is 1.13 bits per heavy atom. The van der Waals surface area contributed by atoms with Crippen LogP contribution in [0, 0.1) is 21.8 Å². The quantitative estimate of drug-likeness (QED) is 0.502. The first kappa shape index (κ1) is 13.9. The highest BCUT2D eigenvalue weighted by molar-refractivity contribution is 5.62. The maximum Gasteiger partial charge on any atom is 0.274 e. The number of fused-ring (bicyclic) bond motifs is 3. The fourth-order valence-electron chi connectivity index (χ4n) is 3.81. The largest absolute Gasteiger partial charge is 0.375 e. The van der Waals surface area contributed by atoms with Crippen molar-refractivity contribution in [1.29, 1.82) is 0 Å². The van der Waals surface area contributed by atoms with Gasteiger partial charge in [-0.3, -0.25) is 10.1 Å². The lowest BCUT2D eigenvalue weighted by molar-refractivity contribution is -0.385. The molecule has 0 saturated heterocycles. The molecule has 1 aliphatic heterocycles. The summed E-state index contributed by atoms with van der Waals surface area (Å²) in [6.45, 7) is 0. The summed E-state index contributed by atoms with van der Waals surface area (Å²) in [4.78, 5) is 11.0. The summed E-state index contributed by atoms with van der Waals surface area (Å²) in [6, 6.07) is 11.5. The first-order valence-corrected chi connectivity index (χ1v) is 7.61. The lowest BCUT2D eigenvalue weighted by Crippen LogP contribution is -2.30. The summed E-state index contributed by atoms with van der Waals surface area (Å²) in [7, 11) is 0. The Hall–Kier alpha value is -2.69. The molecule has 0 saturated carbocycles. The van der Waals surface area contributed by atoms with Crippen LogP contribution in [-0.2, 0) is 0 Å². The van der Waals surface area contributed by atoms with Crippen LogP contribution in [0.5, 0.6) is 0 Å². The summed E-state index contributed by atoms with van der Waals surface area (Å²) < 4.78 is 14.3. The minimum Gasteiger partial charge on any atom is -0.375 e. The Morgan fingerprint density at radius 3 is 2.74 bits per heavy atom. The molecule has 0 unspecified atom stereocenters. The van der Waals surface area contributed by atoms with Crippen LogP contribution in [0.4, 0.5) is 15.8 Å². The second-order valence-corrected chi connectivity index (χ2v) is 6.00. The van der Waals surface area contributed by atoms with Crippen molar-refractivity contribution >= 4 is 11.4 Å². The van der Waals surface area contributed by atoms with Crippen molar-refractivity contribution < 1.29 is 9.31 Å². The number of nitrogens with zero attached hydrogens (tertiary/aromatic N) is 1. The van der Waals surface area contributed by atoms with Crippen molar-refractivity contribution in [2.75, 3.05) is 5.32 Å².